The van der Waals surface area contributed by atoms with Gasteiger partial charge in [-0.05, 0) is 35.0 Å². The molecule has 2 aromatic carbocycles. The molecule has 3 aromatic rings. The molecule has 1 aromatic heterocycles. The third-order valence-electron chi connectivity index (χ3n) is 3.49. The highest BCUT2D eigenvalue weighted by Crippen LogP contribution is 2.38. The van der Waals surface area contributed by atoms with E-state index in [0.29, 0.717) is 20.9 Å². The minimum Gasteiger partial charge on any atom is -0.337 e. The van der Waals surface area contributed by atoms with E-state index >= 15 is 0 Å². The zero-order valence-corrected chi connectivity index (χ0v) is 13.9. The maximum atomic E-state index is 13.9. The van der Waals surface area contributed by atoms with E-state index in [9.17, 15) is 18.9 Å². The number of aromatic nitrogens is 1. The lowest BCUT2D eigenvalue weighted by Crippen LogP contribution is -2.01. The van der Waals surface area contributed by atoms with E-state index in [1.165, 1.54) is 12.1 Å². The Balaban J connectivity index is 2.26. The van der Waals surface area contributed by atoms with Crippen molar-refractivity contribution in [3.05, 3.63) is 68.3 Å². The van der Waals surface area contributed by atoms with E-state index in [4.69, 9.17) is 0 Å². The van der Waals surface area contributed by atoms with Crippen LogP contribution >= 0.6 is 15.9 Å². The fourth-order valence-electron chi connectivity index (χ4n) is 2.39. The van der Waals surface area contributed by atoms with Crippen molar-refractivity contribution in [3.8, 4) is 0 Å². The molecule has 0 bridgehead atoms. The highest BCUT2D eigenvalue weighted by Gasteiger charge is 2.20. The fraction of sp³-hybridized carbons (Fsp3) is 0.0625. The van der Waals surface area contributed by atoms with E-state index in [1.807, 2.05) is 0 Å². The zero-order valence-electron chi connectivity index (χ0n) is 12.3. The zero-order chi connectivity index (χ0) is 17.4. The van der Waals surface area contributed by atoms with Crippen LogP contribution in [0.3, 0.4) is 0 Å². The maximum absolute atomic E-state index is 13.9. The molecule has 0 aliphatic carbocycles. The third kappa shape index (κ3) is 2.80. The molecular weight excluding hydrogens is 384 g/mol. The molecule has 0 atom stereocenters. The monoisotopic (exact) mass is 393 g/mol. The molecule has 0 amide bonds. The number of anilines is 2. The molecule has 5 nitrogen and oxygen atoms in total. The van der Waals surface area contributed by atoms with Gasteiger partial charge in [0.1, 0.15) is 17.5 Å². The van der Waals surface area contributed by atoms with Gasteiger partial charge in [0.25, 0.3) is 5.69 Å². The van der Waals surface area contributed by atoms with Crippen molar-refractivity contribution in [2.75, 3.05) is 5.32 Å². The van der Waals surface area contributed by atoms with Crippen molar-refractivity contribution in [1.29, 1.82) is 0 Å². The largest absolute Gasteiger partial charge is 0.337 e. The van der Waals surface area contributed by atoms with Crippen molar-refractivity contribution in [1.82, 2.24) is 4.98 Å². The topological polar surface area (TPSA) is 68.1 Å². The van der Waals surface area contributed by atoms with Crippen LogP contribution < -0.4 is 5.32 Å². The Morgan fingerprint density at radius 3 is 2.71 bits per heavy atom. The average molecular weight is 394 g/mol. The Bertz CT molecular complexity index is 979. The number of non-ortho nitro benzene ring substituents is 1. The van der Waals surface area contributed by atoms with Gasteiger partial charge in [0, 0.05) is 17.5 Å². The van der Waals surface area contributed by atoms with E-state index in [1.54, 1.807) is 13.0 Å². The minimum atomic E-state index is -0.655. The summed E-state index contributed by atoms with van der Waals surface area (Å²) in [6, 6.07) is 7.50. The lowest BCUT2D eigenvalue weighted by atomic mass is 10.1. The molecule has 0 spiro atoms. The first kappa shape index (κ1) is 16.3. The molecule has 0 aliphatic rings. The van der Waals surface area contributed by atoms with Gasteiger partial charge in [0.05, 0.1) is 26.2 Å². The molecule has 122 valence electrons. The Kier molecular flexibility index (Phi) is 4.15. The van der Waals surface area contributed by atoms with Crippen molar-refractivity contribution in [2.24, 2.45) is 0 Å². The first-order chi connectivity index (χ1) is 11.4. The number of nitrogens with zero attached hydrogens (tertiary/aromatic N) is 2. The second-order valence-corrected chi connectivity index (χ2v) is 5.86. The summed E-state index contributed by atoms with van der Waals surface area (Å²) in [6.45, 7) is 1.66. The molecular formula is C16H10BrF2N3O2. The Labute approximate surface area is 143 Å². The Morgan fingerprint density at radius 1 is 1.25 bits per heavy atom. The fourth-order valence-corrected chi connectivity index (χ4v) is 2.90. The summed E-state index contributed by atoms with van der Waals surface area (Å²) < 4.78 is 27.7. The molecule has 0 fully saturated rings. The third-order valence-corrected chi connectivity index (χ3v) is 4.46. The number of nitro benzene ring substituents is 1. The number of hydrogen-bond donors (Lipinski definition) is 1. The predicted octanol–water partition coefficient (Wildman–Crippen LogP) is 5.24. The maximum Gasteiger partial charge on any atom is 0.278 e. The summed E-state index contributed by atoms with van der Waals surface area (Å²) in [6.07, 6.45) is 0. The number of halogens is 3. The predicted molar refractivity (Wildman–Crippen MR) is 90.5 cm³/mol. The Hall–Kier alpha value is -2.61. The number of nitrogens with one attached hydrogen (secondary N) is 1. The molecule has 0 radical (unpaired) electrons. The molecule has 0 aliphatic heterocycles. The average Bonchev–Trinajstić information content (AvgIpc) is 2.55. The first-order valence-corrected chi connectivity index (χ1v) is 7.63. The van der Waals surface area contributed by atoms with Crippen molar-refractivity contribution in [2.45, 2.75) is 6.92 Å². The minimum absolute atomic E-state index is 0.1000. The van der Waals surface area contributed by atoms with Crippen LogP contribution in [0, 0.1) is 28.7 Å². The van der Waals surface area contributed by atoms with Crippen molar-refractivity contribution < 1.29 is 13.7 Å². The van der Waals surface area contributed by atoms with Gasteiger partial charge in [0.2, 0.25) is 0 Å². The molecule has 1 N–H and O–H groups in total. The van der Waals surface area contributed by atoms with E-state index in [-0.39, 0.29) is 17.2 Å². The number of benzene rings is 2. The molecule has 1 heterocycles. The molecule has 0 unspecified atom stereocenters. The van der Waals surface area contributed by atoms with Gasteiger partial charge < -0.3 is 5.32 Å². The number of fused-ring (bicyclic) bond motifs is 1. The standard InChI is InChI=1S/C16H10BrF2N3O2/c1-8-15(17)14-10(3-2-4-13(14)22(23)24)16(20-8)21-12-7-9(18)5-6-11(12)19/h2-7H,1H3,(H,20,21). The molecule has 0 saturated heterocycles. The lowest BCUT2D eigenvalue weighted by molar-refractivity contribution is -0.383. The summed E-state index contributed by atoms with van der Waals surface area (Å²) in [7, 11) is 0. The smallest absolute Gasteiger partial charge is 0.278 e. The number of rotatable bonds is 3. The van der Waals surface area contributed by atoms with Crippen LogP contribution in [-0.2, 0) is 0 Å². The lowest BCUT2D eigenvalue weighted by Gasteiger charge is -2.13. The van der Waals surface area contributed by atoms with E-state index < -0.39 is 16.6 Å². The van der Waals surface area contributed by atoms with E-state index in [0.717, 1.165) is 18.2 Å². The van der Waals surface area contributed by atoms with Gasteiger partial charge in [-0.2, -0.15) is 0 Å². The number of aryl methyl sites for hydroxylation is 1. The van der Waals surface area contributed by atoms with Crippen LogP contribution in [0.15, 0.2) is 40.9 Å². The normalized spacial score (nSPS) is 10.8. The van der Waals surface area contributed by atoms with Gasteiger partial charge >= 0.3 is 0 Å². The van der Waals surface area contributed by atoms with Crippen molar-refractivity contribution >= 4 is 43.9 Å². The molecule has 8 heteroatoms. The highest BCUT2D eigenvalue weighted by atomic mass is 79.9. The number of nitro groups is 1. The SMILES string of the molecule is Cc1nc(Nc2cc(F)ccc2F)c2cccc([N+](=O)[O-])c2c1Br. The highest BCUT2D eigenvalue weighted by molar-refractivity contribution is 9.10. The number of hydrogen-bond acceptors (Lipinski definition) is 4. The Morgan fingerprint density at radius 2 is 2.00 bits per heavy atom. The summed E-state index contributed by atoms with van der Waals surface area (Å²) in [5.74, 6) is -1.06. The quantitative estimate of drug-likeness (QED) is 0.488. The van der Waals surface area contributed by atoms with Gasteiger partial charge in [-0.1, -0.05) is 12.1 Å². The molecule has 0 saturated carbocycles. The molecule has 3 rings (SSSR count). The van der Waals surface area contributed by atoms with Crippen LogP contribution in [0.4, 0.5) is 26.0 Å². The van der Waals surface area contributed by atoms with Crippen LogP contribution in [-0.4, -0.2) is 9.91 Å². The van der Waals surface area contributed by atoms with Crippen LogP contribution in [0.5, 0.6) is 0 Å². The summed E-state index contributed by atoms with van der Waals surface area (Å²) >= 11 is 3.32. The van der Waals surface area contributed by atoms with Gasteiger partial charge in [-0.25, -0.2) is 13.8 Å². The summed E-state index contributed by atoms with van der Waals surface area (Å²) in [5, 5.41) is 14.8. The summed E-state index contributed by atoms with van der Waals surface area (Å²) in [5.41, 5.74) is 0.278. The van der Waals surface area contributed by atoms with Crippen molar-refractivity contribution in [3.63, 3.8) is 0 Å². The van der Waals surface area contributed by atoms with Crippen LogP contribution in [0.1, 0.15) is 5.69 Å². The summed E-state index contributed by atoms with van der Waals surface area (Å²) in [4.78, 5) is 15.1. The van der Waals surface area contributed by atoms with Gasteiger partial charge in [0.15, 0.2) is 0 Å². The van der Waals surface area contributed by atoms with Crippen LogP contribution in [0.25, 0.3) is 10.8 Å². The van der Waals surface area contributed by atoms with Crippen LogP contribution in [0.2, 0.25) is 0 Å². The first-order valence-electron chi connectivity index (χ1n) is 6.83. The van der Waals surface area contributed by atoms with Gasteiger partial charge in [-0.3, -0.25) is 10.1 Å². The molecule has 24 heavy (non-hydrogen) atoms. The van der Waals surface area contributed by atoms with Gasteiger partial charge in [-0.15, -0.1) is 0 Å². The van der Waals surface area contributed by atoms with E-state index in [2.05, 4.69) is 26.2 Å². The second-order valence-electron chi connectivity index (χ2n) is 5.07. The second kappa shape index (κ2) is 6.12. The number of pyridine rings is 1.